The lowest BCUT2D eigenvalue weighted by molar-refractivity contribution is -0.140. The number of hydrogen-bond donors (Lipinski definition) is 1. The minimum Gasteiger partial charge on any atom is -0.507 e. The summed E-state index contributed by atoms with van der Waals surface area (Å²) in [5.41, 5.74) is 1.21. The second kappa shape index (κ2) is 12.2. The number of likely N-dealkylation sites (tertiary alicyclic amines) is 1. The fourth-order valence-corrected chi connectivity index (χ4v) is 4.30. The van der Waals surface area contributed by atoms with Crippen molar-refractivity contribution in [1.29, 1.82) is 0 Å². The van der Waals surface area contributed by atoms with Crippen molar-refractivity contribution in [3.05, 3.63) is 77.9 Å². The van der Waals surface area contributed by atoms with Gasteiger partial charge in [0.05, 0.1) is 18.7 Å². The topological polar surface area (TPSA) is 79.3 Å². The normalized spacial score (nSPS) is 17.1. The summed E-state index contributed by atoms with van der Waals surface area (Å²) in [4.78, 5) is 30.2. The van der Waals surface area contributed by atoms with Crippen LogP contribution in [0.2, 0.25) is 0 Å². The number of rotatable bonds is 12. The average Bonchev–Trinajstić information content (AvgIpc) is 3.14. The van der Waals surface area contributed by atoms with Crippen LogP contribution in [0.4, 0.5) is 0 Å². The molecule has 1 fully saturated rings. The monoisotopic (exact) mass is 478 g/mol. The second-order valence-electron chi connectivity index (χ2n) is 8.27. The summed E-state index contributed by atoms with van der Waals surface area (Å²) in [6.07, 6.45) is 2.36. The Labute approximate surface area is 207 Å². The number of ketones is 1. The predicted molar refractivity (Wildman–Crippen MR) is 137 cm³/mol. The third kappa shape index (κ3) is 5.92. The fourth-order valence-electron chi connectivity index (χ4n) is 4.30. The highest BCUT2D eigenvalue weighted by atomic mass is 16.5. The third-order valence-electron chi connectivity index (χ3n) is 6.21. The maximum atomic E-state index is 13.2. The molecule has 0 spiro atoms. The molecule has 3 rings (SSSR count). The van der Waals surface area contributed by atoms with Gasteiger partial charge in [0.15, 0.2) is 0 Å². The molecule has 1 aliphatic heterocycles. The zero-order valence-corrected chi connectivity index (χ0v) is 20.7. The van der Waals surface area contributed by atoms with Gasteiger partial charge in [-0.2, -0.15) is 0 Å². The number of carbonyl (C=O) groups excluding carboxylic acids is 2. The molecule has 0 radical (unpaired) electrons. The zero-order valence-electron chi connectivity index (χ0n) is 20.7. The van der Waals surface area contributed by atoms with Crippen LogP contribution >= 0.6 is 0 Å². The van der Waals surface area contributed by atoms with Gasteiger partial charge in [-0.1, -0.05) is 38.6 Å². The van der Waals surface area contributed by atoms with E-state index in [0.717, 1.165) is 19.6 Å². The molecule has 1 heterocycles. The minimum absolute atomic E-state index is 0.0730. The second-order valence-corrected chi connectivity index (χ2v) is 8.27. The number of nitrogens with zero attached hydrogens (tertiary/aromatic N) is 2. The van der Waals surface area contributed by atoms with Crippen LogP contribution in [-0.4, -0.2) is 66.5 Å². The lowest BCUT2D eigenvalue weighted by atomic mass is 9.95. The number of Topliss-reactive ketones (excluding diaryl/α,β-unsaturated/α-hetero) is 1. The molecular weight excluding hydrogens is 444 g/mol. The molecule has 1 N–H and O–H groups in total. The summed E-state index contributed by atoms with van der Waals surface area (Å²) < 4.78 is 10.9. The smallest absolute Gasteiger partial charge is 0.295 e. The third-order valence-corrected chi connectivity index (χ3v) is 6.21. The van der Waals surface area contributed by atoms with Crippen molar-refractivity contribution in [3.63, 3.8) is 0 Å². The Hall–Kier alpha value is -3.58. The Balaban J connectivity index is 2.04. The number of methoxy groups -OCH3 is 1. The highest BCUT2D eigenvalue weighted by molar-refractivity contribution is 6.46. The van der Waals surface area contributed by atoms with E-state index in [1.54, 1.807) is 48.4 Å². The number of carbonyl (C=O) groups is 2. The predicted octanol–water partition coefficient (Wildman–Crippen LogP) is 4.41. The molecule has 2 aromatic rings. The summed E-state index contributed by atoms with van der Waals surface area (Å²) >= 11 is 0. The molecule has 186 valence electrons. The summed E-state index contributed by atoms with van der Waals surface area (Å²) in [6.45, 7) is 11.2. The van der Waals surface area contributed by atoms with E-state index in [9.17, 15) is 14.7 Å². The van der Waals surface area contributed by atoms with Gasteiger partial charge in [0.2, 0.25) is 0 Å². The van der Waals surface area contributed by atoms with E-state index in [4.69, 9.17) is 9.47 Å². The number of benzene rings is 2. The summed E-state index contributed by atoms with van der Waals surface area (Å²) in [5, 5.41) is 11.2. The van der Waals surface area contributed by atoms with Gasteiger partial charge in [-0.25, -0.2) is 0 Å². The number of hydrogen-bond acceptors (Lipinski definition) is 6. The molecule has 1 aliphatic rings. The van der Waals surface area contributed by atoms with E-state index in [2.05, 4.69) is 25.3 Å². The van der Waals surface area contributed by atoms with E-state index in [-0.39, 0.29) is 11.3 Å². The van der Waals surface area contributed by atoms with Crippen molar-refractivity contribution >= 4 is 17.4 Å². The molecule has 0 saturated carbocycles. The molecule has 0 bridgehead atoms. The van der Waals surface area contributed by atoms with Crippen LogP contribution in [0.3, 0.4) is 0 Å². The Morgan fingerprint density at radius 3 is 2.46 bits per heavy atom. The van der Waals surface area contributed by atoms with Gasteiger partial charge >= 0.3 is 0 Å². The minimum atomic E-state index is -0.721. The molecule has 7 heteroatoms. The molecular formula is C28H34N2O5. The van der Waals surface area contributed by atoms with Gasteiger partial charge in [0, 0.05) is 12.1 Å². The van der Waals surface area contributed by atoms with Gasteiger partial charge in [0.25, 0.3) is 11.7 Å². The first-order valence-corrected chi connectivity index (χ1v) is 11.9. The molecule has 1 amide bonds. The summed E-state index contributed by atoms with van der Waals surface area (Å²) in [5.74, 6) is -0.284. The molecule has 1 saturated heterocycles. The van der Waals surface area contributed by atoms with Crippen LogP contribution in [0.1, 0.15) is 37.4 Å². The quantitative estimate of drug-likeness (QED) is 0.211. The fraction of sp³-hybridized carbons (Fsp3) is 0.357. The SMILES string of the molecule is C=CCOc1cccc(C2/C(=C(/O)c3ccc(OC)cc3)C(=O)C(=O)N2CCCN(CC)CC)c1. The van der Waals surface area contributed by atoms with Crippen LogP contribution in [0.25, 0.3) is 5.76 Å². The largest absolute Gasteiger partial charge is 0.507 e. The highest BCUT2D eigenvalue weighted by Gasteiger charge is 2.45. The molecule has 0 aromatic heterocycles. The standard InChI is InChI=1S/C28H34N2O5/c1-5-18-35-23-11-8-10-21(19-23)25-24(26(31)20-12-14-22(34-4)15-13-20)27(32)28(33)30(25)17-9-16-29(6-2)7-3/h5,8,10-15,19,25,31H,1,6-7,9,16-18H2,2-4H3/b26-24-. The molecule has 2 aromatic carbocycles. The first-order valence-electron chi connectivity index (χ1n) is 11.9. The summed E-state index contributed by atoms with van der Waals surface area (Å²) in [7, 11) is 1.56. The van der Waals surface area contributed by atoms with Crippen LogP contribution in [0.5, 0.6) is 11.5 Å². The van der Waals surface area contributed by atoms with Gasteiger partial charge < -0.3 is 24.4 Å². The van der Waals surface area contributed by atoms with E-state index in [0.29, 0.717) is 42.2 Å². The Kier molecular flexibility index (Phi) is 9.09. The number of ether oxygens (including phenoxy) is 2. The van der Waals surface area contributed by atoms with Gasteiger partial charge in [-0.15, -0.1) is 0 Å². The van der Waals surface area contributed by atoms with Crippen molar-refractivity contribution in [2.45, 2.75) is 26.3 Å². The van der Waals surface area contributed by atoms with Crippen LogP contribution in [0.15, 0.2) is 66.8 Å². The first kappa shape index (κ1) is 26.0. The van der Waals surface area contributed by atoms with Crippen LogP contribution in [0, 0.1) is 0 Å². The van der Waals surface area contributed by atoms with Crippen molar-refractivity contribution in [3.8, 4) is 11.5 Å². The van der Waals surface area contributed by atoms with Crippen molar-refractivity contribution in [2.24, 2.45) is 0 Å². The van der Waals surface area contributed by atoms with E-state index < -0.39 is 17.7 Å². The van der Waals surface area contributed by atoms with Gasteiger partial charge in [0.1, 0.15) is 23.9 Å². The molecule has 35 heavy (non-hydrogen) atoms. The Bertz CT molecular complexity index is 1070. The number of aliphatic hydroxyl groups is 1. The maximum Gasteiger partial charge on any atom is 0.295 e. The summed E-state index contributed by atoms with van der Waals surface area (Å²) in [6, 6.07) is 13.3. The van der Waals surface area contributed by atoms with Gasteiger partial charge in [-0.05, 0) is 68.0 Å². The molecule has 1 unspecified atom stereocenters. The lowest BCUT2D eigenvalue weighted by Gasteiger charge is -2.27. The first-order chi connectivity index (χ1) is 16.9. The van der Waals surface area contributed by atoms with Gasteiger partial charge in [-0.3, -0.25) is 9.59 Å². The average molecular weight is 479 g/mol. The van der Waals surface area contributed by atoms with Crippen molar-refractivity contribution in [2.75, 3.05) is 39.9 Å². The van der Waals surface area contributed by atoms with Crippen LogP contribution < -0.4 is 9.47 Å². The van der Waals surface area contributed by atoms with E-state index in [1.165, 1.54) is 0 Å². The molecule has 1 atom stereocenters. The Morgan fingerprint density at radius 2 is 1.83 bits per heavy atom. The number of amides is 1. The number of aliphatic hydroxyl groups excluding tert-OH is 1. The lowest BCUT2D eigenvalue weighted by Crippen LogP contribution is -2.33. The van der Waals surface area contributed by atoms with Crippen molar-refractivity contribution < 1.29 is 24.2 Å². The molecule has 7 nitrogen and oxygen atoms in total. The van der Waals surface area contributed by atoms with E-state index in [1.807, 2.05) is 18.2 Å². The van der Waals surface area contributed by atoms with E-state index >= 15 is 0 Å². The van der Waals surface area contributed by atoms with Crippen LogP contribution in [-0.2, 0) is 9.59 Å². The van der Waals surface area contributed by atoms with Crippen molar-refractivity contribution in [1.82, 2.24) is 9.80 Å². The maximum absolute atomic E-state index is 13.2. The zero-order chi connectivity index (χ0) is 25.4. The Morgan fingerprint density at radius 1 is 1.11 bits per heavy atom. The molecule has 0 aliphatic carbocycles. The highest BCUT2D eigenvalue weighted by Crippen LogP contribution is 2.40.